The normalized spacial score (nSPS) is 12.6. The second-order valence-electron chi connectivity index (χ2n) is 2.65. The van der Waals surface area contributed by atoms with Gasteiger partial charge in [-0.3, -0.25) is 15.0 Å². The van der Waals surface area contributed by atoms with Gasteiger partial charge in [-0.15, -0.1) is 0 Å². The molecule has 0 rings (SSSR count). The number of nitrogens with one attached hydrogen (secondary N) is 1. The number of likely N-dealkylation sites (N-methyl/N-ethyl adjacent to an activating group) is 1. The first-order chi connectivity index (χ1) is 5.99. The molecule has 0 fully saturated rings. The van der Waals surface area contributed by atoms with Crippen molar-refractivity contribution in [2.45, 2.75) is 19.4 Å². The highest BCUT2D eigenvalue weighted by atomic mass is 32.1. The van der Waals surface area contributed by atoms with Gasteiger partial charge in [0.05, 0.1) is 0 Å². The third kappa shape index (κ3) is 4.74. The maximum Gasteiger partial charge on any atom is 0.322 e. The number of nitrogens with zero attached hydrogens (tertiary/aromatic N) is 1. The van der Waals surface area contributed by atoms with Gasteiger partial charge in [0, 0.05) is 14.0 Å². The standard InChI is InChI=1S/C7H14N2O3S/c1-5(10)8-9(2)6(3-4-13)7(11)12/h6,13H,3-4H2,1-2H3,(H,8,10)(H,11,12). The maximum atomic E-state index is 10.7. The lowest BCUT2D eigenvalue weighted by Crippen LogP contribution is -2.48. The molecule has 0 aromatic carbocycles. The van der Waals surface area contributed by atoms with Crippen LogP contribution in [0.3, 0.4) is 0 Å². The molecule has 1 atom stereocenters. The van der Waals surface area contributed by atoms with E-state index in [1.54, 1.807) is 0 Å². The molecule has 0 aliphatic heterocycles. The van der Waals surface area contributed by atoms with Gasteiger partial charge in [-0.1, -0.05) is 0 Å². The number of hydrogen-bond acceptors (Lipinski definition) is 4. The fourth-order valence-electron chi connectivity index (χ4n) is 0.931. The third-order valence-electron chi connectivity index (χ3n) is 1.49. The van der Waals surface area contributed by atoms with Crippen LogP contribution in [0.1, 0.15) is 13.3 Å². The summed E-state index contributed by atoms with van der Waals surface area (Å²) in [4.78, 5) is 21.3. The van der Waals surface area contributed by atoms with Gasteiger partial charge in [-0.05, 0) is 12.2 Å². The summed E-state index contributed by atoms with van der Waals surface area (Å²) < 4.78 is 0. The Bertz CT molecular complexity index is 198. The lowest BCUT2D eigenvalue weighted by molar-refractivity contribution is -0.145. The SMILES string of the molecule is CC(=O)NN(C)C(CCS)C(=O)O. The number of hydrazine groups is 1. The molecule has 13 heavy (non-hydrogen) atoms. The van der Waals surface area contributed by atoms with Crippen molar-refractivity contribution in [1.29, 1.82) is 0 Å². The molecule has 0 bridgehead atoms. The minimum atomic E-state index is -0.967. The fourth-order valence-corrected chi connectivity index (χ4v) is 1.18. The summed E-state index contributed by atoms with van der Waals surface area (Å²) in [5, 5.41) is 10.0. The fraction of sp³-hybridized carbons (Fsp3) is 0.714. The van der Waals surface area contributed by atoms with Crippen LogP contribution in [0.2, 0.25) is 0 Å². The molecule has 0 aromatic rings. The largest absolute Gasteiger partial charge is 0.480 e. The summed E-state index contributed by atoms with van der Waals surface area (Å²) in [5.41, 5.74) is 2.39. The predicted molar refractivity (Wildman–Crippen MR) is 51.5 cm³/mol. The van der Waals surface area contributed by atoms with Gasteiger partial charge >= 0.3 is 5.97 Å². The first-order valence-electron chi connectivity index (χ1n) is 3.82. The predicted octanol–water partition coefficient (Wildman–Crippen LogP) is -0.258. The monoisotopic (exact) mass is 206 g/mol. The Morgan fingerprint density at radius 3 is 2.46 bits per heavy atom. The number of carbonyl (C=O) groups excluding carboxylic acids is 1. The number of hydrogen-bond donors (Lipinski definition) is 3. The van der Waals surface area contributed by atoms with Gasteiger partial charge in [0.25, 0.3) is 0 Å². The van der Waals surface area contributed by atoms with E-state index in [-0.39, 0.29) is 5.91 Å². The topological polar surface area (TPSA) is 69.6 Å². The molecule has 1 amide bonds. The zero-order valence-corrected chi connectivity index (χ0v) is 8.54. The van der Waals surface area contributed by atoms with Gasteiger partial charge in [0.2, 0.25) is 5.91 Å². The Labute approximate surface area is 82.5 Å². The lowest BCUT2D eigenvalue weighted by atomic mass is 10.2. The summed E-state index contributed by atoms with van der Waals surface area (Å²) >= 11 is 3.94. The van der Waals surface area contributed by atoms with Crippen LogP contribution in [0.15, 0.2) is 0 Å². The van der Waals surface area contributed by atoms with Gasteiger partial charge in [-0.2, -0.15) is 12.6 Å². The molecule has 5 nitrogen and oxygen atoms in total. The van der Waals surface area contributed by atoms with Crippen molar-refractivity contribution in [2.75, 3.05) is 12.8 Å². The van der Waals surface area contributed by atoms with Gasteiger partial charge < -0.3 is 5.11 Å². The summed E-state index contributed by atoms with van der Waals surface area (Å²) in [5.74, 6) is -0.792. The molecule has 2 N–H and O–H groups in total. The summed E-state index contributed by atoms with van der Waals surface area (Å²) in [7, 11) is 1.52. The lowest BCUT2D eigenvalue weighted by Gasteiger charge is -2.23. The molecule has 6 heteroatoms. The molecule has 0 saturated carbocycles. The Morgan fingerprint density at radius 2 is 2.15 bits per heavy atom. The molecule has 0 saturated heterocycles. The number of carboxylic acids is 1. The van der Waals surface area contributed by atoms with E-state index in [4.69, 9.17) is 5.11 Å². The van der Waals surface area contributed by atoms with Crippen molar-refractivity contribution < 1.29 is 14.7 Å². The van der Waals surface area contributed by atoms with Gasteiger partial charge in [0.1, 0.15) is 6.04 Å². The van der Waals surface area contributed by atoms with Crippen molar-refractivity contribution in [1.82, 2.24) is 10.4 Å². The number of rotatable bonds is 5. The van der Waals surface area contributed by atoms with Crippen molar-refractivity contribution >= 4 is 24.5 Å². The van der Waals surface area contributed by atoms with E-state index in [1.165, 1.54) is 19.0 Å². The minimum absolute atomic E-state index is 0.284. The van der Waals surface area contributed by atoms with E-state index in [0.29, 0.717) is 12.2 Å². The quantitative estimate of drug-likeness (QED) is 0.428. The highest BCUT2D eigenvalue weighted by Gasteiger charge is 2.21. The van der Waals surface area contributed by atoms with E-state index in [0.717, 1.165) is 0 Å². The second-order valence-corrected chi connectivity index (χ2v) is 3.09. The molecular weight excluding hydrogens is 192 g/mol. The molecule has 76 valence electrons. The summed E-state index contributed by atoms with van der Waals surface area (Å²) in [6, 6.07) is -0.721. The molecule has 0 spiro atoms. The zero-order valence-electron chi connectivity index (χ0n) is 7.65. The first-order valence-corrected chi connectivity index (χ1v) is 4.46. The van der Waals surface area contributed by atoms with Crippen LogP contribution < -0.4 is 5.43 Å². The van der Waals surface area contributed by atoms with E-state index in [1.807, 2.05) is 0 Å². The van der Waals surface area contributed by atoms with Gasteiger partial charge in [0.15, 0.2) is 0 Å². The average molecular weight is 206 g/mol. The molecule has 0 radical (unpaired) electrons. The van der Waals surface area contributed by atoms with Crippen LogP contribution >= 0.6 is 12.6 Å². The van der Waals surface area contributed by atoms with Crippen molar-refractivity contribution in [2.24, 2.45) is 0 Å². The Balaban J connectivity index is 4.18. The summed E-state index contributed by atoms with van der Waals surface area (Å²) in [6.45, 7) is 1.33. The number of thiol groups is 1. The van der Waals surface area contributed by atoms with E-state index in [9.17, 15) is 9.59 Å². The van der Waals surface area contributed by atoms with Gasteiger partial charge in [-0.25, -0.2) is 5.01 Å². The number of carbonyl (C=O) groups is 2. The highest BCUT2D eigenvalue weighted by molar-refractivity contribution is 7.80. The van der Waals surface area contributed by atoms with Crippen LogP contribution in [0.4, 0.5) is 0 Å². The van der Waals surface area contributed by atoms with Crippen LogP contribution in [0.5, 0.6) is 0 Å². The molecule has 0 aliphatic rings. The van der Waals surface area contributed by atoms with Crippen LogP contribution in [0.25, 0.3) is 0 Å². The van der Waals surface area contributed by atoms with Crippen LogP contribution in [0, 0.1) is 0 Å². The Morgan fingerprint density at radius 1 is 1.62 bits per heavy atom. The van der Waals surface area contributed by atoms with Crippen LogP contribution in [-0.2, 0) is 9.59 Å². The molecular formula is C7H14N2O3S. The molecule has 0 heterocycles. The first kappa shape index (κ1) is 12.2. The Kier molecular flexibility index (Phi) is 5.48. The molecule has 1 unspecified atom stereocenters. The number of aliphatic carboxylic acids is 1. The second kappa shape index (κ2) is 5.82. The smallest absolute Gasteiger partial charge is 0.322 e. The third-order valence-corrected chi connectivity index (χ3v) is 1.75. The number of carboxylic acid groups (broad SMARTS) is 1. The van der Waals surface area contributed by atoms with E-state index in [2.05, 4.69) is 18.1 Å². The van der Waals surface area contributed by atoms with Crippen molar-refractivity contribution in [3.63, 3.8) is 0 Å². The van der Waals surface area contributed by atoms with E-state index >= 15 is 0 Å². The molecule has 0 aliphatic carbocycles. The average Bonchev–Trinajstić information content (AvgIpc) is 1.97. The van der Waals surface area contributed by atoms with Crippen molar-refractivity contribution in [3.8, 4) is 0 Å². The highest BCUT2D eigenvalue weighted by Crippen LogP contribution is 2.01. The van der Waals surface area contributed by atoms with E-state index < -0.39 is 12.0 Å². The van der Waals surface area contributed by atoms with Crippen LogP contribution in [-0.4, -0.2) is 40.8 Å². The maximum absolute atomic E-state index is 10.7. The minimum Gasteiger partial charge on any atom is -0.480 e. The zero-order chi connectivity index (χ0) is 10.4. The molecule has 0 aromatic heterocycles. The summed E-state index contributed by atoms with van der Waals surface area (Å²) in [6.07, 6.45) is 0.384. The van der Waals surface area contributed by atoms with Crippen molar-refractivity contribution in [3.05, 3.63) is 0 Å². The Hall–Kier alpha value is -0.750. The number of amides is 1.